The van der Waals surface area contributed by atoms with Crippen LogP contribution in [-0.4, -0.2) is 31.3 Å². The standard InChI is InChI=1S/C13H16BrFN2OS/c1-17(7-8-3-2-6-18-8)10-5-4-9(13(16)19)11(14)12(10)15/h4-5,8H,2-3,6-7H2,1H3,(H2,16,19). The van der Waals surface area contributed by atoms with E-state index < -0.39 is 0 Å². The lowest BCUT2D eigenvalue weighted by Gasteiger charge is -2.24. The number of ether oxygens (including phenoxy) is 1. The van der Waals surface area contributed by atoms with Gasteiger partial charge >= 0.3 is 0 Å². The fourth-order valence-corrected chi connectivity index (χ4v) is 3.07. The van der Waals surface area contributed by atoms with Crippen molar-refractivity contribution in [3.63, 3.8) is 0 Å². The molecule has 0 amide bonds. The molecule has 2 rings (SSSR count). The summed E-state index contributed by atoms with van der Waals surface area (Å²) in [5.74, 6) is -0.342. The number of thiocarbonyl (C=S) groups is 1. The molecule has 0 spiro atoms. The Labute approximate surface area is 126 Å². The minimum absolute atomic E-state index is 0.179. The zero-order valence-corrected chi connectivity index (χ0v) is 13.1. The van der Waals surface area contributed by atoms with Gasteiger partial charge in [-0.05, 0) is 40.9 Å². The smallest absolute Gasteiger partial charge is 0.161 e. The lowest BCUT2D eigenvalue weighted by molar-refractivity contribution is 0.116. The molecular weight excluding hydrogens is 331 g/mol. The second kappa shape index (κ2) is 6.15. The number of benzene rings is 1. The van der Waals surface area contributed by atoms with E-state index in [1.54, 1.807) is 12.1 Å². The van der Waals surface area contributed by atoms with E-state index in [2.05, 4.69) is 15.9 Å². The van der Waals surface area contributed by atoms with Crippen molar-refractivity contribution in [1.29, 1.82) is 0 Å². The maximum Gasteiger partial charge on any atom is 0.161 e. The minimum Gasteiger partial charge on any atom is -0.389 e. The lowest BCUT2D eigenvalue weighted by atomic mass is 10.1. The van der Waals surface area contributed by atoms with Gasteiger partial charge in [0.15, 0.2) is 5.82 Å². The summed E-state index contributed by atoms with van der Waals surface area (Å²) in [7, 11) is 1.85. The van der Waals surface area contributed by atoms with Crippen LogP contribution in [0.15, 0.2) is 16.6 Å². The van der Waals surface area contributed by atoms with Crippen molar-refractivity contribution in [3.8, 4) is 0 Å². The Morgan fingerprint density at radius 1 is 1.63 bits per heavy atom. The molecule has 1 aliphatic rings. The summed E-state index contributed by atoms with van der Waals surface area (Å²) in [4.78, 5) is 2.04. The van der Waals surface area contributed by atoms with Gasteiger partial charge in [-0.15, -0.1) is 0 Å². The molecule has 1 aromatic rings. The van der Waals surface area contributed by atoms with Gasteiger partial charge in [-0.25, -0.2) is 4.39 Å². The van der Waals surface area contributed by atoms with E-state index in [0.29, 0.717) is 22.3 Å². The number of hydrogen-bond acceptors (Lipinski definition) is 3. The van der Waals surface area contributed by atoms with Gasteiger partial charge in [0, 0.05) is 25.8 Å². The molecule has 1 unspecified atom stereocenters. The van der Waals surface area contributed by atoms with Gasteiger partial charge in [0.1, 0.15) is 4.99 Å². The third-order valence-corrected chi connectivity index (χ3v) is 4.24. The normalized spacial score (nSPS) is 18.6. The number of likely N-dealkylation sites (N-methyl/N-ethyl adjacent to an activating group) is 1. The maximum absolute atomic E-state index is 14.3. The predicted molar refractivity (Wildman–Crippen MR) is 82.2 cm³/mol. The maximum atomic E-state index is 14.3. The summed E-state index contributed by atoms with van der Waals surface area (Å²) in [5, 5.41) is 0. The first-order valence-corrected chi connectivity index (χ1v) is 7.31. The Morgan fingerprint density at radius 3 is 2.95 bits per heavy atom. The fourth-order valence-electron chi connectivity index (χ4n) is 2.22. The molecule has 0 aromatic heterocycles. The monoisotopic (exact) mass is 346 g/mol. The number of halogens is 2. The van der Waals surface area contributed by atoms with Gasteiger partial charge in [-0.1, -0.05) is 12.2 Å². The number of rotatable bonds is 4. The topological polar surface area (TPSA) is 38.5 Å². The van der Waals surface area contributed by atoms with Crippen molar-refractivity contribution >= 4 is 38.8 Å². The third kappa shape index (κ3) is 3.24. The summed E-state index contributed by atoms with van der Waals surface area (Å²) >= 11 is 8.09. The third-order valence-electron chi connectivity index (χ3n) is 3.24. The van der Waals surface area contributed by atoms with E-state index in [0.717, 1.165) is 19.4 Å². The van der Waals surface area contributed by atoms with E-state index in [1.165, 1.54) is 0 Å². The fraction of sp³-hybridized carbons (Fsp3) is 0.462. The van der Waals surface area contributed by atoms with Crippen LogP contribution >= 0.6 is 28.1 Å². The molecular formula is C13H16BrFN2OS. The molecule has 1 atom stereocenters. The van der Waals surface area contributed by atoms with Gasteiger partial charge in [-0.3, -0.25) is 0 Å². The van der Waals surface area contributed by atoms with Crippen LogP contribution in [0.4, 0.5) is 10.1 Å². The van der Waals surface area contributed by atoms with Crippen molar-refractivity contribution in [3.05, 3.63) is 28.0 Å². The van der Waals surface area contributed by atoms with Crippen LogP contribution in [-0.2, 0) is 4.74 Å². The molecule has 1 aromatic carbocycles. The molecule has 104 valence electrons. The quantitative estimate of drug-likeness (QED) is 0.850. The van der Waals surface area contributed by atoms with Crippen molar-refractivity contribution in [2.75, 3.05) is 25.1 Å². The molecule has 0 aliphatic carbocycles. The van der Waals surface area contributed by atoms with Crippen LogP contribution in [0.5, 0.6) is 0 Å². The van der Waals surface area contributed by atoms with E-state index in [1.807, 2.05) is 11.9 Å². The molecule has 1 heterocycles. The second-order valence-corrected chi connectivity index (χ2v) is 5.87. The largest absolute Gasteiger partial charge is 0.389 e. The molecule has 0 radical (unpaired) electrons. The van der Waals surface area contributed by atoms with Crippen LogP contribution in [0.1, 0.15) is 18.4 Å². The van der Waals surface area contributed by atoms with Crippen LogP contribution < -0.4 is 10.6 Å². The van der Waals surface area contributed by atoms with Gasteiger partial charge in [0.2, 0.25) is 0 Å². The highest BCUT2D eigenvalue weighted by Crippen LogP contribution is 2.29. The lowest BCUT2D eigenvalue weighted by Crippen LogP contribution is -2.29. The summed E-state index contributed by atoms with van der Waals surface area (Å²) in [5.41, 5.74) is 6.57. The van der Waals surface area contributed by atoms with Crippen LogP contribution in [0, 0.1) is 5.82 Å². The van der Waals surface area contributed by atoms with Crippen LogP contribution in [0.25, 0.3) is 0 Å². The van der Waals surface area contributed by atoms with Gasteiger partial charge < -0.3 is 15.4 Å². The van der Waals surface area contributed by atoms with Crippen LogP contribution in [0.2, 0.25) is 0 Å². The first kappa shape index (κ1) is 14.7. The SMILES string of the molecule is CN(CC1CCCO1)c1ccc(C(N)=S)c(Br)c1F. The van der Waals surface area contributed by atoms with Crippen molar-refractivity contribution < 1.29 is 9.13 Å². The Hall–Kier alpha value is -0.720. The summed E-state index contributed by atoms with van der Waals surface area (Å²) in [6, 6.07) is 3.43. The average molecular weight is 347 g/mol. The Morgan fingerprint density at radius 2 is 2.37 bits per heavy atom. The second-order valence-electron chi connectivity index (χ2n) is 4.64. The van der Waals surface area contributed by atoms with E-state index >= 15 is 0 Å². The minimum atomic E-state index is -0.342. The number of anilines is 1. The van der Waals surface area contributed by atoms with Crippen molar-refractivity contribution in [2.24, 2.45) is 5.73 Å². The highest BCUT2D eigenvalue weighted by atomic mass is 79.9. The Bertz CT molecular complexity index is 492. The molecule has 2 N–H and O–H groups in total. The zero-order chi connectivity index (χ0) is 14.0. The molecule has 6 heteroatoms. The molecule has 0 bridgehead atoms. The number of hydrogen-bond donors (Lipinski definition) is 1. The number of nitrogens with zero attached hydrogens (tertiary/aromatic N) is 1. The van der Waals surface area contributed by atoms with E-state index in [4.69, 9.17) is 22.7 Å². The summed E-state index contributed by atoms with van der Waals surface area (Å²) in [6.45, 7) is 1.47. The van der Waals surface area contributed by atoms with Crippen molar-refractivity contribution in [1.82, 2.24) is 0 Å². The summed E-state index contributed by atoms with van der Waals surface area (Å²) < 4.78 is 20.2. The molecule has 1 fully saturated rings. The number of nitrogens with two attached hydrogens (primary N) is 1. The highest BCUT2D eigenvalue weighted by molar-refractivity contribution is 9.10. The average Bonchev–Trinajstić information content (AvgIpc) is 2.84. The van der Waals surface area contributed by atoms with E-state index in [-0.39, 0.29) is 16.9 Å². The molecule has 3 nitrogen and oxygen atoms in total. The molecule has 0 saturated carbocycles. The van der Waals surface area contributed by atoms with Crippen molar-refractivity contribution in [2.45, 2.75) is 18.9 Å². The molecule has 1 aliphatic heterocycles. The zero-order valence-electron chi connectivity index (χ0n) is 10.7. The Balaban J connectivity index is 2.19. The summed E-state index contributed by atoms with van der Waals surface area (Å²) in [6.07, 6.45) is 2.28. The molecule has 1 saturated heterocycles. The first-order chi connectivity index (χ1) is 9.00. The first-order valence-electron chi connectivity index (χ1n) is 6.11. The predicted octanol–water partition coefficient (Wildman–Crippen LogP) is 2.84. The highest BCUT2D eigenvalue weighted by Gasteiger charge is 2.21. The van der Waals surface area contributed by atoms with Gasteiger partial charge in [0.25, 0.3) is 0 Å². The Kier molecular flexibility index (Phi) is 4.76. The van der Waals surface area contributed by atoms with Gasteiger partial charge in [0.05, 0.1) is 16.3 Å². The van der Waals surface area contributed by atoms with E-state index in [9.17, 15) is 4.39 Å². The van der Waals surface area contributed by atoms with Crippen LogP contribution in [0.3, 0.4) is 0 Å². The van der Waals surface area contributed by atoms with Gasteiger partial charge in [-0.2, -0.15) is 0 Å². The molecule has 19 heavy (non-hydrogen) atoms.